The second-order valence-corrected chi connectivity index (χ2v) is 6.91. The Balaban J connectivity index is 2.33. The predicted octanol–water partition coefficient (Wildman–Crippen LogP) is 4.23. The minimum Gasteiger partial charge on any atom is -0.357 e. The summed E-state index contributed by atoms with van der Waals surface area (Å²) in [4.78, 5) is 26.7. The smallest absolute Gasteiger partial charge is 0.242 e. The van der Waals surface area contributed by atoms with Gasteiger partial charge in [0.2, 0.25) is 11.8 Å². The molecule has 0 spiro atoms. The van der Waals surface area contributed by atoms with E-state index in [0.717, 1.165) is 5.56 Å². The van der Waals surface area contributed by atoms with Gasteiger partial charge in [-0.05, 0) is 36.2 Å². The van der Waals surface area contributed by atoms with E-state index in [0.29, 0.717) is 11.4 Å². The first kappa shape index (κ1) is 21.2. The first-order valence-corrected chi connectivity index (χ1v) is 9.31. The third kappa shape index (κ3) is 5.44. The van der Waals surface area contributed by atoms with Crippen molar-refractivity contribution in [3.63, 3.8) is 0 Å². The fourth-order valence-corrected chi connectivity index (χ4v) is 3.18. The summed E-state index contributed by atoms with van der Waals surface area (Å²) in [5.41, 5.74) is 0.937. The lowest BCUT2D eigenvalue weighted by molar-refractivity contribution is -0.140. The fourth-order valence-electron chi connectivity index (χ4n) is 2.83. The molecule has 0 aliphatic heterocycles. The number of amides is 2. The van der Waals surface area contributed by atoms with Crippen LogP contribution in [0, 0.1) is 5.82 Å². The molecule has 0 aromatic heterocycles. The molecule has 4 nitrogen and oxygen atoms in total. The normalized spacial score (nSPS) is 11.7. The van der Waals surface area contributed by atoms with Gasteiger partial charge in [-0.2, -0.15) is 0 Å². The topological polar surface area (TPSA) is 49.4 Å². The number of nitrogens with zero attached hydrogens (tertiary/aromatic N) is 1. The van der Waals surface area contributed by atoms with Crippen LogP contribution in [0.25, 0.3) is 0 Å². The molecule has 2 amide bonds. The Hall–Kier alpha value is -2.11. The van der Waals surface area contributed by atoms with Crippen LogP contribution in [-0.2, 0) is 22.6 Å². The van der Waals surface area contributed by atoms with E-state index in [2.05, 4.69) is 5.32 Å². The van der Waals surface area contributed by atoms with Gasteiger partial charge in [0.1, 0.15) is 11.9 Å². The van der Waals surface area contributed by atoms with E-state index in [4.69, 9.17) is 23.2 Å². The van der Waals surface area contributed by atoms with Gasteiger partial charge in [-0.1, -0.05) is 48.3 Å². The zero-order chi connectivity index (χ0) is 20.0. The molecule has 0 unspecified atom stereocenters. The Morgan fingerprint density at radius 1 is 1.15 bits per heavy atom. The zero-order valence-electron chi connectivity index (χ0n) is 15.1. The number of benzene rings is 2. The van der Waals surface area contributed by atoms with E-state index < -0.39 is 11.9 Å². The van der Waals surface area contributed by atoms with Gasteiger partial charge >= 0.3 is 0 Å². The molecular weight excluding hydrogens is 390 g/mol. The highest BCUT2D eigenvalue weighted by molar-refractivity contribution is 6.31. The Morgan fingerprint density at radius 2 is 1.81 bits per heavy atom. The second kappa shape index (κ2) is 9.72. The molecule has 0 saturated carbocycles. The fraction of sp³-hybridized carbons (Fsp3) is 0.300. The molecule has 0 heterocycles. The first-order valence-electron chi connectivity index (χ1n) is 8.55. The quantitative estimate of drug-likeness (QED) is 0.742. The van der Waals surface area contributed by atoms with Crippen molar-refractivity contribution < 1.29 is 14.0 Å². The summed E-state index contributed by atoms with van der Waals surface area (Å²) in [5.74, 6) is -1.21. The van der Waals surface area contributed by atoms with Crippen molar-refractivity contribution in [1.82, 2.24) is 10.2 Å². The minimum atomic E-state index is -0.677. The highest BCUT2D eigenvalue weighted by atomic mass is 35.5. The maximum Gasteiger partial charge on any atom is 0.242 e. The molecule has 27 heavy (non-hydrogen) atoms. The van der Waals surface area contributed by atoms with Crippen molar-refractivity contribution in [2.75, 3.05) is 7.05 Å². The summed E-state index contributed by atoms with van der Waals surface area (Å²) in [5, 5.41) is 3.34. The number of rotatable bonds is 7. The molecule has 1 atom stereocenters. The van der Waals surface area contributed by atoms with Crippen molar-refractivity contribution >= 4 is 35.0 Å². The highest BCUT2D eigenvalue weighted by Crippen LogP contribution is 2.22. The van der Waals surface area contributed by atoms with Crippen LogP contribution in [0.3, 0.4) is 0 Å². The van der Waals surface area contributed by atoms with Crippen molar-refractivity contribution in [3.05, 3.63) is 69.5 Å². The van der Waals surface area contributed by atoms with E-state index >= 15 is 0 Å². The highest BCUT2D eigenvalue weighted by Gasteiger charge is 2.29. The summed E-state index contributed by atoms with van der Waals surface area (Å²) in [7, 11) is 1.52. The van der Waals surface area contributed by atoms with Crippen molar-refractivity contribution in [3.8, 4) is 0 Å². The number of hydrogen-bond donors (Lipinski definition) is 1. The van der Waals surface area contributed by atoms with E-state index in [9.17, 15) is 14.0 Å². The molecule has 7 heteroatoms. The van der Waals surface area contributed by atoms with E-state index in [-0.39, 0.29) is 35.4 Å². The summed E-state index contributed by atoms with van der Waals surface area (Å²) in [6, 6.07) is 10.6. The maximum absolute atomic E-state index is 14.1. The molecule has 0 aliphatic rings. The standard InChI is InChI=1S/C20H21Cl2FN2O2/c1-3-18(20(27)24-2)25(12-13-7-9-14(21)10-8-13)19(26)11-15-16(22)5-4-6-17(15)23/h4-10,18H,3,11-12H2,1-2H3,(H,24,27)/t18-/m0/s1. The Kier molecular flexibility index (Phi) is 7.63. The molecular formula is C20H21Cl2FN2O2. The molecule has 2 rings (SSSR count). The summed E-state index contributed by atoms with van der Waals surface area (Å²) in [6.45, 7) is 2.02. The Bertz CT molecular complexity index is 792. The lowest BCUT2D eigenvalue weighted by Crippen LogP contribution is -2.48. The summed E-state index contributed by atoms with van der Waals surface area (Å²) >= 11 is 12.0. The first-order chi connectivity index (χ1) is 12.9. The van der Waals surface area contributed by atoms with Crippen molar-refractivity contribution in [1.29, 1.82) is 0 Å². The van der Waals surface area contributed by atoms with Crippen LogP contribution >= 0.6 is 23.2 Å². The monoisotopic (exact) mass is 410 g/mol. The third-order valence-corrected chi connectivity index (χ3v) is 4.89. The van der Waals surface area contributed by atoms with Gasteiger partial charge in [0.05, 0.1) is 6.42 Å². The summed E-state index contributed by atoms with van der Waals surface area (Å²) < 4.78 is 14.1. The molecule has 1 N–H and O–H groups in total. The van der Waals surface area contributed by atoms with Crippen LogP contribution in [0.5, 0.6) is 0 Å². The predicted molar refractivity (Wildman–Crippen MR) is 105 cm³/mol. The van der Waals surface area contributed by atoms with Crippen molar-refractivity contribution in [2.24, 2.45) is 0 Å². The average Bonchev–Trinajstić information content (AvgIpc) is 2.65. The van der Waals surface area contributed by atoms with Crippen LogP contribution in [0.15, 0.2) is 42.5 Å². The molecule has 0 saturated heterocycles. The van der Waals surface area contributed by atoms with Gasteiger partial charge in [-0.25, -0.2) is 4.39 Å². The van der Waals surface area contributed by atoms with E-state index in [1.165, 1.54) is 30.1 Å². The Morgan fingerprint density at radius 3 is 2.37 bits per heavy atom. The van der Waals surface area contributed by atoms with Crippen LogP contribution in [0.4, 0.5) is 4.39 Å². The third-order valence-electron chi connectivity index (χ3n) is 4.29. The number of hydrogen-bond acceptors (Lipinski definition) is 2. The molecule has 0 aliphatic carbocycles. The summed E-state index contributed by atoms with van der Waals surface area (Å²) in [6.07, 6.45) is 0.191. The Labute approximate surface area is 168 Å². The second-order valence-electron chi connectivity index (χ2n) is 6.06. The lowest BCUT2D eigenvalue weighted by Gasteiger charge is -2.30. The number of carbonyl (C=O) groups is 2. The molecule has 2 aromatic carbocycles. The van der Waals surface area contributed by atoms with Gasteiger partial charge in [0.25, 0.3) is 0 Å². The number of halogens is 3. The molecule has 2 aromatic rings. The lowest BCUT2D eigenvalue weighted by atomic mass is 10.1. The van der Waals surface area contributed by atoms with Gasteiger partial charge in [0.15, 0.2) is 0 Å². The molecule has 0 radical (unpaired) electrons. The largest absolute Gasteiger partial charge is 0.357 e. The van der Waals surface area contributed by atoms with Crippen LogP contribution < -0.4 is 5.32 Å². The van der Waals surface area contributed by atoms with Crippen LogP contribution in [0.2, 0.25) is 10.0 Å². The molecule has 144 valence electrons. The van der Waals surface area contributed by atoms with Crippen LogP contribution in [-0.4, -0.2) is 29.8 Å². The number of likely N-dealkylation sites (N-methyl/N-ethyl adjacent to an activating group) is 1. The van der Waals surface area contributed by atoms with E-state index in [1.54, 1.807) is 24.3 Å². The average molecular weight is 411 g/mol. The van der Waals surface area contributed by atoms with Crippen molar-refractivity contribution in [2.45, 2.75) is 32.4 Å². The van der Waals surface area contributed by atoms with Gasteiger partial charge in [-0.15, -0.1) is 0 Å². The zero-order valence-corrected chi connectivity index (χ0v) is 16.6. The SMILES string of the molecule is CC[C@@H](C(=O)NC)N(Cc1ccc(Cl)cc1)C(=O)Cc1c(F)cccc1Cl. The van der Waals surface area contributed by atoms with E-state index in [1.807, 2.05) is 6.92 Å². The van der Waals surface area contributed by atoms with Gasteiger partial charge in [-0.3, -0.25) is 9.59 Å². The molecule has 0 fully saturated rings. The van der Waals surface area contributed by atoms with Gasteiger partial charge < -0.3 is 10.2 Å². The molecule has 0 bridgehead atoms. The maximum atomic E-state index is 14.1. The minimum absolute atomic E-state index is 0.122. The number of nitrogens with one attached hydrogen (secondary N) is 1. The van der Waals surface area contributed by atoms with Crippen LogP contribution in [0.1, 0.15) is 24.5 Å². The van der Waals surface area contributed by atoms with Gasteiger partial charge in [0, 0.05) is 29.2 Å². The number of carbonyl (C=O) groups excluding carboxylic acids is 2.